The van der Waals surface area contributed by atoms with Crippen LogP contribution in [-0.4, -0.2) is 67.1 Å². The second-order valence-electron chi connectivity index (χ2n) is 8.30. The maximum atomic E-state index is 12.1. The van der Waals surface area contributed by atoms with Gasteiger partial charge in [0.1, 0.15) is 26.3 Å². The average molecular weight is 439 g/mol. The number of hydrogen-bond acceptors (Lipinski definition) is 8. The molecule has 4 rings (SSSR count). The fourth-order valence-corrected chi connectivity index (χ4v) is 6.51. The largest absolute Gasteiger partial charge is 0.379 e. The van der Waals surface area contributed by atoms with Crippen LogP contribution in [0.5, 0.6) is 0 Å². The maximum Gasteiger partial charge on any atom is 0.150 e. The van der Waals surface area contributed by atoms with Crippen LogP contribution in [0.3, 0.4) is 0 Å². The van der Waals surface area contributed by atoms with E-state index in [1.165, 1.54) is 16.7 Å². The van der Waals surface area contributed by atoms with Crippen LogP contribution in [0.25, 0.3) is 10.2 Å². The molecule has 1 aliphatic heterocycles. The number of rotatable bonds is 5. The molecular weight excluding hydrogens is 408 g/mol. The van der Waals surface area contributed by atoms with E-state index in [0.717, 1.165) is 67.4 Å². The van der Waals surface area contributed by atoms with Crippen molar-refractivity contribution in [2.24, 2.45) is 0 Å². The number of thiophene rings is 1. The quantitative estimate of drug-likeness (QED) is 0.768. The molecule has 0 bridgehead atoms. The van der Waals surface area contributed by atoms with Crippen LogP contribution in [0.1, 0.15) is 41.9 Å². The van der Waals surface area contributed by atoms with Crippen molar-refractivity contribution >= 4 is 37.2 Å². The second kappa shape index (κ2) is 8.45. The molecular formula is C20H30N4O3S2. The van der Waals surface area contributed by atoms with Crippen molar-refractivity contribution in [1.82, 2.24) is 14.9 Å². The highest BCUT2D eigenvalue weighted by atomic mass is 32.2. The highest BCUT2D eigenvalue weighted by molar-refractivity contribution is 7.91. The van der Waals surface area contributed by atoms with Gasteiger partial charge in [-0.1, -0.05) is 6.42 Å². The lowest BCUT2D eigenvalue weighted by molar-refractivity contribution is 0.0331. The van der Waals surface area contributed by atoms with Gasteiger partial charge >= 0.3 is 0 Å². The smallest absolute Gasteiger partial charge is 0.150 e. The van der Waals surface area contributed by atoms with Gasteiger partial charge in [-0.15, -0.1) is 11.3 Å². The first kappa shape index (κ1) is 21.0. The fraction of sp³-hybridized carbons (Fsp3) is 0.700. The van der Waals surface area contributed by atoms with E-state index >= 15 is 0 Å². The summed E-state index contributed by atoms with van der Waals surface area (Å²) in [6.07, 6.45) is 4.65. The van der Waals surface area contributed by atoms with E-state index in [4.69, 9.17) is 14.7 Å². The summed E-state index contributed by atoms with van der Waals surface area (Å²) in [6, 6.07) is 0.123. The predicted octanol–water partition coefficient (Wildman–Crippen LogP) is 2.91. The lowest BCUT2D eigenvalue weighted by atomic mass is 9.95. The Hall–Kier alpha value is -1.29. The van der Waals surface area contributed by atoms with Crippen LogP contribution in [0, 0.1) is 13.8 Å². The molecule has 2 atom stereocenters. The molecule has 2 unspecified atom stereocenters. The van der Waals surface area contributed by atoms with Gasteiger partial charge < -0.3 is 10.1 Å². The van der Waals surface area contributed by atoms with Gasteiger partial charge in [0, 0.05) is 30.3 Å². The van der Waals surface area contributed by atoms with Crippen LogP contribution in [0.2, 0.25) is 0 Å². The van der Waals surface area contributed by atoms with Crippen molar-refractivity contribution in [3.8, 4) is 0 Å². The number of anilines is 1. The highest BCUT2D eigenvalue weighted by Gasteiger charge is 2.30. The number of nitrogens with one attached hydrogen (secondary N) is 1. The summed E-state index contributed by atoms with van der Waals surface area (Å²) in [7, 11) is -3.01. The molecule has 0 amide bonds. The van der Waals surface area contributed by atoms with Crippen LogP contribution in [0.4, 0.5) is 5.82 Å². The Kier molecular flexibility index (Phi) is 6.11. The number of ether oxygens (including phenoxy) is 1. The van der Waals surface area contributed by atoms with Crippen molar-refractivity contribution in [1.29, 1.82) is 0 Å². The lowest BCUT2D eigenvalue weighted by Crippen LogP contribution is -2.36. The predicted molar refractivity (Wildman–Crippen MR) is 117 cm³/mol. The SMILES string of the molecule is Cc1sc2nc(CN3CCOCC3)nc(NC3CCCC(S(C)(=O)=O)C3)c2c1C. The summed E-state index contributed by atoms with van der Waals surface area (Å²) in [5.41, 5.74) is 1.21. The Morgan fingerprint density at radius 1 is 1.21 bits per heavy atom. The molecule has 7 nitrogen and oxygen atoms in total. The van der Waals surface area contributed by atoms with Crippen LogP contribution in [-0.2, 0) is 21.1 Å². The first-order chi connectivity index (χ1) is 13.8. The Morgan fingerprint density at radius 2 is 1.97 bits per heavy atom. The maximum absolute atomic E-state index is 12.1. The minimum Gasteiger partial charge on any atom is -0.379 e. The van der Waals surface area contributed by atoms with E-state index in [-0.39, 0.29) is 11.3 Å². The number of nitrogens with zero attached hydrogens (tertiary/aromatic N) is 3. The van der Waals surface area contributed by atoms with Crippen molar-refractivity contribution < 1.29 is 13.2 Å². The number of aromatic nitrogens is 2. The third-order valence-electron chi connectivity index (χ3n) is 6.12. The molecule has 3 heterocycles. The second-order valence-corrected chi connectivity index (χ2v) is 11.8. The third-order valence-corrected chi connectivity index (χ3v) is 8.86. The Bertz CT molecular complexity index is 983. The van der Waals surface area contributed by atoms with E-state index in [1.807, 2.05) is 0 Å². The zero-order valence-electron chi connectivity index (χ0n) is 17.4. The number of sulfone groups is 1. The summed E-state index contributed by atoms with van der Waals surface area (Å²) >= 11 is 1.71. The molecule has 2 aromatic heterocycles. The molecule has 1 aliphatic carbocycles. The molecule has 0 aromatic carbocycles. The molecule has 2 aliphatic rings. The van der Waals surface area contributed by atoms with E-state index in [0.29, 0.717) is 13.0 Å². The van der Waals surface area contributed by atoms with Gasteiger partial charge in [0.15, 0.2) is 0 Å². The zero-order valence-corrected chi connectivity index (χ0v) is 19.0. The van der Waals surface area contributed by atoms with E-state index in [2.05, 4.69) is 24.1 Å². The Labute approximate surface area is 176 Å². The summed E-state index contributed by atoms with van der Waals surface area (Å²) in [6.45, 7) is 8.23. The average Bonchev–Trinajstić information content (AvgIpc) is 2.96. The van der Waals surface area contributed by atoms with Crippen LogP contribution < -0.4 is 5.32 Å². The molecule has 29 heavy (non-hydrogen) atoms. The van der Waals surface area contributed by atoms with Crippen molar-refractivity contribution in [2.45, 2.75) is 57.4 Å². The number of morpholine rings is 1. The van der Waals surface area contributed by atoms with Gasteiger partial charge in [-0.25, -0.2) is 18.4 Å². The van der Waals surface area contributed by atoms with Gasteiger partial charge in [0.2, 0.25) is 0 Å². The van der Waals surface area contributed by atoms with E-state index in [1.54, 1.807) is 11.3 Å². The van der Waals surface area contributed by atoms with Gasteiger partial charge in [0.05, 0.1) is 30.4 Å². The first-order valence-corrected chi connectivity index (χ1v) is 13.1. The number of aryl methyl sites for hydroxylation is 2. The number of fused-ring (bicyclic) bond motifs is 1. The lowest BCUT2D eigenvalue weighted by Gasteiger charge is -2.29. The first-order valence-electron chi connectivity index (χ1n) is 10.3. The molecule has 1 N–H and O–H groups in total. The summed E-state index contributed by atoms with van der Waals surface area (Å²) in [5.74, 6) is 1.68. The monoisotopic (exact) mass is 438 g/mol. The highest BCUT2D eigenvalue weighted by Crippen LogP contribution is 2.35. The van der Waals surface area contributed by atoms with Gasteiger partial charge in [-0.05, 0) is 38.7 Å². The minimum absolute atomic E-state index is 0.123. The molecule has 160 valence electrons. The van der Waals surface area contributed by atoms with Crippen molar-refractivity contribution in [2.75, 3.05) is 37.9 Å². The van der Waals surface area contributed by atoms with Crippen molar-refractivity contribution in [3.63, 3.8) is 0 Å². The molecule has 0 spiro atoms. The van der Waals surface area contributed by atoms with Crippen LogP contribution >= 0.6 is 11.3 Å². The zero-order chi connectivity index (χ0) is 20.6. The van der Waals surface area contributed by atoms with Gasteiger partial charge in [-0.2, -0.15) is 0 Å². The Balaban J connectivity index is 1.62. The molecule has 9 heteroatoms. The van der Waals surface area contributed by atoms with E-state index < -0.39 is 9.84 Å². The fourth-order valence-electron chi connectivity index (χ4n) is 4.29. The summed E-state index contributed by atoms with van der Waals surface area (Å²) in [5, 5.41) is 4.43. The minimum atomic E-state index is -3.01. The molecule has 2 aromatic rings. The molecule has 0 radical (unpaired) electrons. The van der Waals surface area contributed by atoms with Gasteiger partial charge in [-0.3, -0.25) is 4.90 Å². The summed E-state index contributed by atoms with van der Waals surface area (Å²) in [4.78, 5) is 14.3. The van der Waals surface area contributed by atoms with Crippen molar-refractivity contribution in [3.05, 3.63) is 16.3 Å². The van der Waals surface area contributed by atoms with Gasteiger partial charge in [0.25, 0.3) is 0 Å². The third kappa shape index (κ3) is 4.73. The topological polar surface area (TPSA) is 84.4 Å². The van der Waals surface area contributed by atoms with E-state index in [9.17, 15) is 8.42 Å². The van der Waals surface area contributed by atoms with Crippen LogP contribution in [0.15, 0.2) is 0 Å². The normalized spacial score (nSPS) is 24.1. The standard InChI is InChI=1S/C20H30N4O3S2/c1-13-14(2)28-20-18(13)19(21-15-5-4-6-16(11-15)29(3,25)26)22-17(23-20)12-24-7-9-27-10-8-24/h15-16H,4-12H2,1-3H3,(H,21,22,23). The molecule has 1 saturated heterocycles. The number of hydrogen-bond donors (Lipinski definition) is 1. The summed E-state index contributed by atoms with van der Waals surface area (Å²) < 4.78 is 29.6. The molecule has 2 fully saturated rings. The molecule has 1 saturated carbocycles. The Morgan fingerprint density at radius 3 is 2.69 bits per heavy atom.